The van der Waals surface area contributed by atoms with Crippen LogP contribution >= 0.6 is 11.6 Å². The highest BCUT2D eigenvalue weighted by atomic mass is 35.5. The second-order valence-corrected chi connectivity index (χ2v) is 6.63. The number of allylic oxidation sites excluding steroid dienone is 1. The fourth-order valence-electron chi connectivity index (χ4n) is 2.71. The van der Waals surface area contributed by atoms with Gasteiger partial charge in [0.15, 0.2) is 0 Å². The second-order valence-electron chi connectivity index (χ2n) is 6.19. The van der Waals surface area contributed by atoms with Gasteiger partial charge in [-0.05, 0) is 43.5 Å². The zero-order chi connectivity index (χ0) is 15.6. The van der Waals surface area contributed by atoms with Crippen LogP contribution in [0.15, 0.2) is 29.8 Å². The quantitative estimate of drug-likeness (QED) is 0.853. The molecule has 1 aliphatic heterocycles. The Bertz CT molecular complexity index is 562. The van der Waals surface area contributed by atoms with E-state index in [-0.39, 0.29) is 17.9 Å². The number of benzene rings is 1. The van der Waals surface area contributed by atoms with E-state index in [4.69, 9.17) is 11.6 Å². The molecule has 3 nitrogen and oxygen atoms in total. The second kappa shape index (κ2) is 6.63. The van der Waals surface area contributed by atoms with Crippen molar-refractivity contribution in [1.82, 2.24) is 4.90 Å². The van der Waals surface area contributed by atoms with Gasteiger partial charge in [0.25, 0.3) is 0 Å². The smallest absolute Gasteiger partial charge is 0.242 e. The van der Waals surface area contributed by atoms with Crippen LogP contribution in [-0.2, 0) is 11.3 Å². The molecule has 4 heteroatoms. The number of hydrogen-bond acceptors (Lipinski definition) is 2. The van der Waals surface area contributed by atoms with E-state index < -0.39 is 0 Å². The lowest BCUT2D eigenvalue weighted by atomic mass is 10.0. The van der Waals surface area contributed by atoms with Gasteiger partial charge in [0.05, 0.1) is 6.04 Å². The number of amides is 1. The summed E-state index contributed by atoms with van der Waals surface area (Å²) in [6, 6.07) is 5.51. The molecule has 0 bridgehead atoms. The standard InChI is InChI=1S/C17H23ClN2O/c1-11(2)7-8-20-10-13-9-14(18)5-6-15(13)19-17(21)16(20)12(3)4/h5-7,9,12,16H,8,10H2,1-4H3,(H,19,21). The Labute approximate surface area is 132 Å². The maximum atomic E-state index is 12.6. The first-order valence-corrected chi connectivity index (χ1v) is 7.73. The van der Waals surface area contributed by atoms with Crippen molar-refractivity contribution in [2.24, 2.45) is 5.92 Å². The van der Waals surface area contributed by atoms with Gasteiger partial charge >= 0.3 is 0 Å². The molecular formula is C17H23ClN2O. The first kappa shape index (κ1) is 16.1. The highest BCUT2D eigenvalue weighted by molar-refractivity contribution is 6.30. The largest absolute Gasteiger partial charge is 0.324 e. The molecule has 0 aliphatic carbocycles. The van der Waals surface area contributed by atoms with Crippen LogP contribution in [0.4, 0.5) is 5.69 Å². The number of carbonyl (C=O) groups is 1. The summed E-state index contributed by atoms with van der Waals surface area (Å²) in [6.07, 6.45) is 2.16. The van der Waals surface area contributed by atoms with Gasteiger partial charge in [-0.25, -0.2) is 0 Å². The zero-order valence-electron chi connectivity index (χ0n) is 13.1. The lowest BCUT2D eigenvalue weighted by Crippen LogP contribution is -2.45. The first-order valence-electron chi connectivity index (χ1n) is 7.35. The van der Waals surface area contributed by atoms with Crippen LogP contribution in [0.1, 0.15) is 33.3 Å². The third-order valence-electron chi connectivity index (χ3n) is 3.73. The molecule has 114 valence electrons. The Hall–Kier alpha value is -1.32. The molecule has 1 heterocycles. The Morgan fingerprint density at radius 2 is 2.19 bits per heavy atom. The van der Waals surface area contributed by atoms with E-state index in [1.165, 1.54) is 5.57 Å². The van der Waals surface area contributed by atoms with E-state index in [1.54, 1.807) is 0 Å². The summed E-state index contributed by atoms with van der Waals surface area (Å²) in [5, 5.41) is 3.74. The highest BCUT2D eigenvalue weighted by Gasteiger charge is 2.32. The van der Waals surface area contributed by atoms with E-state index in [0.29, 0.717) is 5.02 Å². The van der Waals surface area contributed by atoms with Crippen molar-refractivity contribution in [2.45, 2.75) is 40.3 Å². The first-order chi connectivity index (χ1) is 9.88. The van der Waals surface area contributed by atoms with Gasteiger partial charge in [-0.2, -0.15) is 0 Å². The van der Waals surface area contributed by atoms with Gasteiger partial charge in [0, 0.05) is 23.8 Å². The number of nitrogens with one attached hydrogen (secondary N) is 1. The highest BCUT2D eigenvalue weighted by Crippen LogP contribution is 2.28. The van der Waals surface area contributed by atoms with E-state index in [0.717, 1.165) is 24.3 Å². The van der Waals surface area contributed by atoms with Crippen molar-refractivity contribution in [1.29, 1.82) is 0 Å². The van der Waals surface area contributed by atoms with Crippen molar-refractivity contribution in [3.05, 3.63) is 40.4 Å². The van der Waals surface area contributed by atoms with Gasteiger partial charge in [-0.15, -0.1) is 0 Å². The average molecular weight is 307 g/mol. The van der Waals surface area contributed by atoms with Crippen LogP contribution in [0, 0.1) is 5.92 Å². The molecule has 0 saturated carbocycles. The summed E-state index contributed by atoms with van der Waals surface area (Å²) in [5.41, 5.74) is 3.20. The maximum Gasteiger partial charge on any atom is 0.242 e. The molecule has 0 radical (unpaired) electrons. The molecule has 1 amide bonds. The minimum Gasteiger partial charge on any atom is -0.324 e. The summed E-state index contributed by atoms with van der Waals surface area (Å²) < 4.78 is 0. The minimum atomic E-state index is -0.133. The van der Waals surface area contributed by atoms with Gasteiger partial charge in [0.1, 0.15) is 0 Å². The summed E-state index contributed by atoms with van der Waals surface area (Å²) >= 11 is 6.10. The van der Waals surface area contributed by atoms with E-state index in [9.17, 15) is 4.79 Å². The Kier molecular flexibility index (Phi) is 5.07. The van der Waals surface area contributed by atoms with E-state index in [2.05, 4.69) is 44.0 Å². The van der Waals surface area contributed by atoms with Crippen LogP contribution in [0.2, 0.25) is 5.02 Å². The topological polar surface area (TPSA) is 32.3 Å². The Balaban J connectivity index is 2.38. The number of fused-ring (bicyclic) bond motifs is 1. The van der Waals surface area contributed by atoms with Crippen molar-refractivity contribution >= 4 is 23.2 Å². The molecule has 0 spiro atoms. The Morgan fingerprint density at radius 1 is 1.48 bits per heavy atom. The van der Waals surface area contributed by atoms with Gasteiger partial charge in [-0.1, -0.05) is 37.1 Å². The van der Waals surface area contributed by atoms with Gasteiger partial charge in [-0.3, -0.25) is 9.69 Å². The molecule has 21 heavy (non-hydrogen) atoms. The monoisotopic (exact) mass is 306 g/mol. The predicted octanol–water partition coefficient (Wildman–Crippen LogP) is 4.08. The molecule has 1 N–H and O–H groups in total. The summed E-state index contributed by atoms with van der Waals surface area (Å²) in [4.78, 5) is 14.8. The zero-order valence-corrected chi connectivity index (χ0v) is 13.9. The van der Waals surface area contributed by atoms with Crippen LogP contribution < -0.4 is 5.32 Å². The molecule has 2 rings (SSSR count). The fraction of sp³-hybridized carbons (Fsp3) is 0.471. The van der Waals surface area contributed by atoms with E-state index in [1.807, 2.05) is 18.2 Å². The van der Waals surface area contributed by atoms with Crippen LogP contribution in [0.5, 0.6) is 0 Å². The van der Waals surface area contributed by atoms with Gasteiger partial charge in [0.2, 0.25) is 5.91 Å². The molecule has 0 saturated heterocycles. The normalized spacial score (nSPS) is 19.0. The van der Waals surface area contributed by atoms with Crippen molar-refractivity contribution in [3.8, 4) is 0 Å². The number of hydrogen-bond donors (Lipinski definition) is 1. The molecule has 0 aromatic heterocycles. The number of carbonyl (C=O) groups excluding carboxylic acids is 1. The van der Waals surface area contributed by atoms with Crippen molar-refractivity contribution < 1.29 is 4.79 Å². The molecule has 1 atom stereocenters. The summed E-state index contributed by atoms with van der Waals surface area (Å²) in [7, 11) is 0. The number of anilines is 1. The predicted molar refractivity (Wildman–Crippen MR) is 88.5 cm³/mol. The maximum absolute atomic E-state index is 12.6. The van der Waals surface area contributed by atoms with Crippen LogP contribution in [0.25, 0.3) is 0 Å². The number of nitrogens with zero attached hydrogens (tertiary/aromatic N) is 1. The van der Waals surface area contributed by atoms with Crippen molar-refractivity contribution in [2.75, 3.05) is 11.9 Å². The number of rotatable bonds is 3. The third-order valence-corrected chi connectivity index (χ3v) is 3.96. The van der Waals surface area contributed by atoms with Crippen molar-refractivity contribution in [3.63, 3.8) is 0 Å². The van der Waals surface area contributed by atoms with Gasteiger partial charge < -0.3 is 5.32 Å². The molecule has 1 aromatic rings. The average Bonchev–Trinajstić information content (AvgIpc) is 2.51. The molecule has 1 unspecified atom stereocenters. The number of halogens is 1. The minimum absolute atomic E-state index is 0.0632. The molecule has 1 aromatic carbocycles. The summed E-state index contributed by atoms with van der Waals surface area (Å²) in [5.74, 6) is 0.313. The fourth-order valence-corrected chi connectivity index (χ4v) is 2.90. The Morgan fingerprint density at radius 3 is 2.81 bits per heavy atom. The lowest BCUT2D eigenvalue weighted by Gasteiger charge is -2.30. The lowest BCUT2D eigenvalue weighted by molar-refractivity contribution is -0.122. The summed E-state index contributed by atoms with van der Waals surface area (Å²) in [6.45, 7) is 9.82. The molecular weight excluding hydrogens is 284 g/mol. The van der Waals surface area contributed by atoms with Crippen LogP contribution in [0.3, 0.4) is 0 Å². The molecule has 0 fully saturated rings. The van der Waals surface area contributed by atoms with Crippen LogP contribution in [-0.4, -0.2) is 23.4 Å². The molecule has 1 aliphatic rings. The third kappa shape index (κ3) is 3.86. The van der Waals surface area contributed by atoms with E-state index >= 15 is 0 Å². The SMILES string of the molecule is CC(C)=CCN1Cc2cc(Cl)ccc2NC(=O)C1C(C)C.